The summed E-state index contributed by atoms with van der Waals surface area (Å²) >= 11 is 15.9. The molecule has 1 aliphatic heterocycles. The number of carbonyl (C=O) groups is 2. The molecule has 0 radical (unpaired) electrons. The molecular weight excluding hydrogens is 605 g/mol. The number of benzene rings is 3. The van der Waals surface area contributed by atoms with E-state index >= 15 is 0 Å². The molecule has 1 saturated heterocycles. The number of nitrogens with zero attached hydrogens (tertiary/aromatic N) is 1. The zero-order valence-corrected chi connectivity index (χ0v) is 23.1. The highest BCUT2D eigenvalue weighted by Crippen LogP contribution is 2.41. The van der Waals surface area contributed by atoms with Crippen LogP contribution >= 0.6 is 51.5 Å². The van der Waals surface area contributed by atoms with Gasteiger partial charge in [-0.15, -0.1) is 0 Å². The number of halogens is 3. The largest absolute Gasteiger partial charge is 0.493 e. The van der Waals surface area contributed by atoms with Gasteiger partial charge in [-0.05, 0) is 57.4 Å². The minimum atomic E-state index is -1.25. The average molecular weight is 623 g/mol. The lowest BCUT2D eigenvalue weighted by Crippen LogP contribution is -2.37. The fourth-order valence-corrected chi connectivity index (χ4v) is 5.77. The predicted octanol–water partition coefficient (Wildman–Crippen LogP) is 6.86. The molecule has 6 nitrogen and oxygen atoms in total. The average Bonchev–Trinajstić information content (AvgIpc) is 3.13. The number of ether oxygens (including phenoxy) is 2. The van der Waals surface area contributed by atoms with E-state index in [4.69, 9.17) is 33.3 Å². The molecule has 0 aliphatic carbocycles. The van der Waals surface area contributed by atoms with Crippen LogP contribution in [-0.4, -0.2) is 33.3 Å². The lowest BCUT2D eigenvalue weighted by Gasteiger charge is -2.23. The lowest BCUT2D eigenvalue weighted by atomic mass is 10.1. The zero-order valence-electron chi connectivity index (χ0n) is 19.1. The summed E-state index contributed by atoms with van der Waals surface area (Å²) in [7, 11) is 1.45. The van der Waals surface area contributed by atoms with Crippen molar-refractivity contribution in [3.63, 3.8) is 0 Å². The van der Waals surface area contributed by atoms with Gasteiger partial charge in [0.25, 0.3) is 5.91 Å². The van der Waals surface area contributed by atoms with Crippen molar-refractivity contribution in [2.45, 2.75) is 12.6 Å². The fourth-order valence-electron chi connectivity index (χ4n) is 3.67. The lowest BCUT2D eigenvalue weighted by molar-refractivity contribution is -0.145. The van der Waals surface area contributed by atoms with Gasteiger partial charge in [0.2, 0.25) is 0 Å². The molecule has 1 N–H and O–H groups in total. The molecule has 1 fully saturated rings. The van der Waals surface area contributed by atoms with E-state index in [2.05, 4.69) is 15.9 Å². The van der Waals surface area contributed by atoms with Gasteiger partial charge < -0.3 is 14.6 Å². The van der Waals surface area contributed by atoms with Crippen LogP contribution in [-0.2, 0) is 16.2 Å². The maximum absolute atomic E-state index is 14.1. The smallest absolute Gasteiger partial charge is 0.331 e. The van der Waals surface area contributed by atoms with Gasteiger partial charge in [-0.3, -0.25) is 9.69 Å². The van der Waals surface area contributed by atoms with Crippen molar-refractivity contribution in [2.75, 3.05) is 7.11 Å². The molecule has 0 saturated carbocycles. The Hall–Kier alpha value is -2.92. The summed E-state index contributed by atoms with van der Waals surface area (Å²) in [6, 6.07) is 14.9. The molecule has 0 bridgehead atoms. The van der Waals surface area contributed by atoms with Crippen LogP contribution in [0.4, 0.5) is 4.39 Å². The van der Waals surface area contributed by atoms with Crippen LogP contribution in [0.3, 0.4) is 0 Å². The first-order valence-electron chi connectivity index (χ1n) is 10.7. The third kappa shape index (κ3) is 5.82. The zero-order chi connectivity index (χ0) is 26.7. The van der Waals surface area contributed by atoms with Crippen LogP contribution in [0.2, 0.25) is 5.02 Å². The minimum absolute atomic E-state index is 0.130. The molecular formula is C26H18BrClFNO5S2. The van der Waals surface area contributed by atoms with Crippen molar-refractivity contribution in [1.29, 1.82) is 0 Å². The first kappa shape index (κ1) is 27.1. The number of hydrogen-bond acceptors (Lipinski definition) is 6. The third-order valence-corrected chi connectivity index (χ3v) is 7.68. The summed E-state index contributed by atoms with van der Waals surface area (Å²) in [6.45, 7) is -0.130. The maximum Gasteiger partial charge on any atom is 0.331 e. The summed E-state index contributed by atoms with van der Waals surface area (Å²) in [5.74, 6) is -1.55. The summed E-state index contributed by atoms with van der Waals surface area (Å²) in [4.78, 5) is 26.7. The van der Waals surface area contributed by atoms with E-state index in [0.29, 0.717) is 27.1 Å². The molecule has 11 heteroatoms. The summed E-state index contributed by atoms with van der Waals surface area (Å²) in [5, 5.41) is 10.1. The quantitative estimate of drug-likeness (QED) is 0.217. The van der Waals surface area contributed by atoms with Gasteiger partial charge in [0.05, 0.1) is 21.5 Å². The Morgan fingerprint density at radius 2 is 1.97 bits per heavy atom. The molecule has 1 unspecified atom stereocenters. The van der Waals surface area contributed by atoms with Crippen LogP contribution in [0.1, 0.15) is 22.7 Å². The van der Waals surface area contributed by atoms with Gasteiger partial charge in [-0.25, -0.2) is 9.18 Å². The van der Waals surface area contributed by atoms with Crippen LogP contribution in [0.15, 0.2) is 70.0 Å². The van der Waals surface area contributed by atoms with E-state index in [9.17, 15) is 19.1 Å². The normalized spacial score (nSPS) is 15.2. The Balaban J connectivity index is 1.61. The van der Waals surface area contributed by atoms with Gasteiger partial charge in [0, 0.05) is 5.56 Å². The standard InChI is InChI=1S/C26H18BrClFNO5S2/c1-34-20-11-14(10-17(27)23(20)35-13-16-18(28)8-5-9-19(16)29)12-21-24(31)30(26(36)37-21)22(25(32)33)15-6-3-2-4-7-15/h2-12,22H,13H2,1H3,(H,32,33)/b21-12+. The molecule has 1 amide bonds. The second-order valence-electron chi connectivity index (χ2n) is 7.73. The number of rotatable bonds is 8. The molecule has 3 aromatic rings. The van der Waals surface area contributed by atoms with Crippen molar-refractivity contribution < 1.29 is 28.6 Å². The number of thioether (sulfide) groups is 1. The highest BCUT2D eigenvalue weighted by Gasteiger charge is 2.41. The van der Waals surface area contributed by atoms with Gasteiger partial charge in [-0.1, -0.05) is 72.0 Å². The van der Waals surface area contributed by atoms with Gasteiger partial charge in [0.1, 0.15) is 16.7 Å². The molecule has 0 spiro atoms. The topological polar surface area (TPSA) is 76.1 Å². The molecule has 0 aromatic heterocycles. The molecule has 1 atom stereocenters. The highest BCUT2D eigenvalue weighted by molar-refractivity contribution is 9.10. The minimum Gasteiger partial charge on any atom is -0.493 e. The van der Waals surface area contributed by atoms with Crippen molar-refractivity contribution in [2.24, 2.45) is 0 Å². The van der Waals surface area contributed by atoms with Crippen LogP contribution < -0.4 is 9.47 Å². The van der Waals surface area contributed by atoms with Crippen LogP contribution in [0.5, 0.6) is 11.5 Å². The second-order valence-corrected chi connectivity index (χ2v) is 10.7. The number of methoxy groups -OCH3 is 1. The van der Waals surface area contributed by atoms with Gasteiger partial charge in [0.15, 0.2) is 17.5 Å². The predicted molar refractivity (Wildman–Crippen MR) is 148 cm³/mol. The Labute approximate surface area is 235 Å². The third-order valence-electron chi connectivity index (χ3n) is 5.40. The molecule has 1 heterocycles. The first-order valence-corrected chi connectivity index (χ1v) is 13.1. The van der Waals surface area contributed by atoms with E-state index in [-0.39, 0.29) is 26.4 Å². The summed E-state index contributed by atoms with van der Waals surface area (Å²) < 4.78 is 26.0. The molecule has 190 valence electrons. The number of thiocarbonyl (C=S) groups is 1. The van der Waals surface area contributed by atoms with E-state index in [1.165, 1.54) is 19.2 Å². The maximum atomic E-state index is 14.1. The Bertz CT molecular complexity index is 1400. The molecule has 1 aliphatic rings. The Kier molecular flexibility index (Phi) is 8.53. The van der Waals surface area contributed by atoms with Crippen LogP contribution in [0, 0.1) is 5.82 Å². The number of carboxylic acid groups (broad SMARTS) is 1. The van der Waals surface area contributed by atoms with E-state index in [0.717, 1.165) is 16.7 Å². The number of amides is 1. The summed E-state index contributed by atoms with van der Waals surface area (Å²) in [6.07, 6.45) is 1.59. The van der Waals surface area contributed by atoms with E-state index < -0.39 is 23.7 Å². The van der Waals surface area contributed by atoms with Crippen molar-refractivity contribution in [3.8, 4) is 11.5 Å². The van der Waals surface area contributed by atoms with Crippen LogP contribution in [0.25, 0.3) is 6.08 Å². The Morgan fingerprint density at radius 1 is 1.24 bits per heavy atom. The van der Waals surface area contributed by atoms with E-state index in [1.807, 2.05) is 0 Å². The monoisotopic (exact) mass is 621 g/mol. The number of carboxylic acids is 1. The van der Waals surface area contributed by atoms with Crippen molar-refractivity contribution in [1.82, 2.24) is 4.90 Å². The van der Waals surface area contributed by atoms with Gasteiger partial charge >= 0.3 is 5.97 Å². The molecule has 3 aromatic carbocycles. The molecule has 4 rings (SSSR count). The van der Waals surface area contributed by atoms with Gasteiger partial charge in [-0.2, -0.15) is 0 Å². The summed E-state index contributed by atoms with van der Waals surface area (Å²) in [5.41, 5.74) is 1.22. The first-order chi connectivity index (χ1) is 17.7. The van der Waals surface area contributed by atoms with Crippen molar-refractivity contribution in [3.05, 3.63) is 97.6 Å². The highest BCUT2D eigenvalue weighted by atomic mass is 79.9. The number of aliphatic carboxylic acids is 1. The second kappa shape index (κ2) is 11.6. The SMILES string of the molecule is COc1cc(/C=C2/SC(=S)N(C(C(=O)O)c3ccccc3)C2=O)cc(Br)c1OCc1c(F)cccc1Cl. The number of hydrogen-bond donors (Lipinski definition) is 1. The number of carbonyl (C=O) groups excluding carboxylic acids is 1. The Morgan fingerprint density at radius 3 is 2.62 bits per heavy atom. The van der Waals surface area contributed by atoms with E-state index in [1.54, 1.807) is 54.6 Å². The molecule has 37 heavy (non-hydrogen) atoms. The van der Waals surface area contributed by atoms with Crippen molar-refractivity contribution >= 4 is 73.8 Å². The fraction of sp³-hybridized carbons (Fsp3) is 0.115.